The van der Waals surface area contributed by atoms with Crippen molar-refractivity contribution in [1.82, 2.24) is 0 Å². The smallest absolute Gasteiger partial charge is 0.151 e. The minimum absolute atomic E-state index is 0. The van der Waals surface area contributed by atoms with Crippen LogP contribution in [0, 0.1) is 0 Å². The number of hydrogen-bond acceptors (Lipinski definition) is 6. The molecular formula is C9H24O6Y. The fraction of sp³-hybridized carbons (Fsp3) is 1.00. The Morgan fingerprint density at radius 2 is 0.688 bits per heavy atom. The molecule has 0 saturated heterocycles. The van der Waals surface area contributed by atoms with Gasteiger partial charge in [0.1, 0.15) is 0 Å². The molecule has 1 radical (unpaired) electrons. The normalized spacial score (nSPS) is 14.1. The standard InChI is InChI=1S/3C3H8O2.Y/c3*1-3(4)5-2;/h3*3-4H,1-2H3;. The van der Waals surface area contributed by atoms with E-state index in [-0.39, 0.29) is 32.7 Å². The predicted octanol–water partition coefficient (Wildman–Crippen LogP) is -0.0892. The van der Waals surface area contributed by atoms with E-state index in [1.807, 2.05) is 0 Å². The summed E-state index contributed by atoms with van der Waals surface area (Å²) >= 11 is 0. The van der Waals surface area contributed by atoms with Gasteiger partial charge in [0.2, 0.25) is 0 Å². The quantitative estimate of drug-likeness (QED) is 0.631. The van der Waals surface area contributed by atoms with E-state index >= 15 is 0 Å². The van der Waals surface area contributed by atoms with Crippen molar-refractivity contribution >= 4 is 0 Å². The van der Waals surface area contributed by atoms with Crippen LogP contribution in [-0.2, 0) is 46.9 Å². The zero-order chi connectivity index (χ0) is 12.9. The van der Waals surface area contributed by atoms with Gasteiger partial charge in [-0.25, -0.2) is 0 Å². The fourth-order valence-corrected chi connectivity index (χ4v) is 0. The molecular weight excluding hydrogens is 293 g/mol. The molecule has 0 aliphatic heterocycles. The van der Waals surface area contributed by atoms with Crippen molar-refractivity contribution in [3.63, 3.8) is 0 Å². The van der Waals surface area contributed by atoms with Crippen molar-refractivity contribution in [1.29, 1.82) is 0 Å². The Labute approximate surface area is 123 Å². The molecule has 3 unspecified atom stereocenters. The first-order valence-electron chi connectivity index (χ1n) is 4.44. The van der Waals surface area contributed by atoms with Crippen LogP contribution >= 0.6 is 0 Å². The van der Waals surface area contributed by atoms with Crippen molar-refractivity contribution in [2.24, 2.45) is 0 Å². The Bertz CT molecular complexity index is 81.0. The van der Waals surface area contributed by atoms with Crippen molar-refractivity contribution in [3.8, 4) is 0 Å². The van der Waals surface area contributed by atoms with Gasteiger partial charge in [-0.2, -0.15) is 0 Å². The van der Waals surface area contributed by atoms with Gasteiger partial charge in [0, 0.05) is 54.0 Å². The third kappa shape index (κ3) is 60.6. The molecule has 0 bridgehead atoms. The van der Waals surface area contributed by atoms with Crippen LogP contribution in [0.25, 0.3) is 0 Å². The molecule has 0 aromatic heterocycles. The number of rotatable bonds is 3. The van der Waals surface area contributed by atoms with Gasteiger partial charge in [-0.15, -0.1) is 0 Å². The van der Waals surface area contributed by atoms with E-state index in [9.17, 15) is 0 Å². The molecule has 7 heteroatoms. The maximum Gasteiger partial charge on any atom is 0.151 e. The number of ether oxygens (including phenoxy) is 3. The maximum atomic E-state index is 8.14. The Morgan fingerprint density at radius 1 is 0.625 bits per heavy atom. The summed E-state index contributed by atoms with van der Waals surface area (Å²) in [6.07, 6.45) is -1.85. The SMILES string of the molecule is COC(C)O.COC(C)O.COC(C)O.[Y]. The summed E-state index contributed by atoms with van der Waals surface area (Å²) in [6, 6.07) is 0. The zero-order valence-electron chi connectivity index (χ0n) is 10.9. The molecule has 0 saturated carbocycles. The molecule has 0 heterocycles. The minimum atomic E-state index is -0.616. The Hall–Kier alpha value is 0.864. The van der Waals surface area contributed by atoms with Crippen LogP contribution in [0.1, 0.15) is 20.8 Å². The second-order valence-corrected chi connectivity index (χ2v) is 2.51. The molecule has 0 fully saturated rings. The molecule has 0 aromatic rings. The van der Waals surface area contributed by atoms with E-state index in [0.717, 1.165) is 0 Å². The van der Waals surface area contributed by atoms with Gasteiger partial charge >= 0.3 is 0 Å². The average Bonchev–Trinajstić information content (AvgIpc) is 2.19. The summed E-state index contributed by atoms with van der Waals surface area (Å²) in [5.41, 5.74) is 0. The van der Waals surface area contributed by atoms with Crippen LogP contribution in [0.3, 0.4) is 0 Å². The van der Waals surface area contributed by atoms with Crippen LogP contribution in [0.15, 0.2) is 0 Å². The van der Waals surface area contributed by atoms with Crippen molar-refractivity contribution in [2.75, 3.05) is 21.3 Å². The van der Waals surface area contributed by atoms with Gasteiger partial charge in [-0.3, -0.25) is 0 Å². The molecule has 0 amide bonds. The van der Waals surface area contributed by atoms with Gasteiger partial charge < -0.3 is 29.5 Å². The summed E-state index contributed by atoms with van der Waals surface area (Å²) in [5, 5.41) is 24.4. The van der Waals surface area contributed by atoms with E-state index < -0.39 is 18.9 Å². The first kappa shape index (κ1) is 25.6. The first-order valence-corrected chi connectivity index (χ1v) is 4.44. The topological polar surface area (TPSA) is 88.4 Å². The van der Waals surface area contributed by atoms with Crippen LogP contribution in [0.5, 0.6) is 0 Å². The van der Waals surface area contributed by atoms with Crippen molar-refractivity contribution in [2.45, 2.75) is 39.6 Å². The third-order valence-electron chi connectivity index (χ3n) is 1.02. The summed E-state index contributed by atoms with van der Waals surface area (Å²) < 4.78 is 12.9. The second-order valence-electron chi connectivity index (χ2n) is 2.51. The second kappa shape index (κ2) is 21.2. The fourth-order valence-electron chi connectivity index (χ4n) is 0. The molecule has 0 aliphatic carbocycles. The Kier molecular flexibility index (Phi) is 34.0. The summed E-state index contributed by atoms with van der Waals surface area (Å²) in [4.78, 5) is 0. The monoisotopic (exact) mass is 317 g/mol. The largest absolute Gasteiger partial charge is 0.368 e. The number of hydrogen-bond donors (Lipinski definition) is 3. The Morgan fingerprint density at radius 3 is 0.688 bits per heavy atom. The van der Waals surface area contributed by atoms with E-state index in [4.69, 9.17) is 15.3 Å². The molecule has 0 aromatic carbocycles. The first-order chi connectivity index (χ1) is 6.81. The van der Waals surface area contributed by atoms with E-state index in [1.165, 1.54) is 21.3 Å². The molecule has 3 N–H and O–H groups in total. The third-order valence-corrected chi connectivity index (χ3v) is 1.02. The molecule has 3 atom stereocenters. The summed E-state index contributed by atoms with van der Waals surface area (Å²) in [7, 11) is 4.35. The van der Waals surface area contributed by atoms with Crippen molar-refractivity contribution < 1.29 is 62.2 Å². The molecule has 0 rings (SSSR count). The van der Waals surface area contributed by atoms with E-state index in [2.05, 4.69) is 14.2 Å². The summed E-state index contributed by atoms with van der Waals surface area (Å²) in [5.74, 6) is 0. The zero-order valence-corrected chi connectivity index (χ0v) is 13.7. The van der Waals surface area contributed by atoms with Crippen LogP contribution in [-0.4, -0.2) is 55.5 Å². The van der Waals surface area contributed by atoms with Crippen molar-refractivity contribution in [3.05, 3.63) is 0 Å². The van der Waals surface area contributed by atoms with Gasteiger partial charge in [-0.05, 0) is 20.8 Å². The van der Waals surface area contributed by atoms with Gasteiger partial charge in [-0.1, -0.05) is 0 Å². The van der Waals surface area contributed by atoms with E-state index in [1.54, 1.807) is 20.8 Å². The molecule has 16 heavy (non-hydrogen) atoms. The average molecular weight is 317 g/mol. The van der Waals surface area contributed by atoms with E-state index in [0.29, 0.717) is 0 Å². The van der Waals surface area contributed by atoms with Crippen LogP contribution in [0.2, 0.25) is 0 Å². The maximum absolute atomic E-state index is 8.14. The summed E-state index contributed by atoms with van der Waals surface area (Å²) in [6.45, 7) is 4.67. The van der Waals surface area contributed by atoms with Gasteiger partial charge in [0.15, 0.2) is 18.9 Å². The van der Waals surface area contributed by atoms with Gasteiger partial charge in [0.25, 0.3) is 0 Å². The minimum Gasteiger partial charge on any atom is -0.368 e. The number of aliphatic hydroxyl groups excluding tert-OH is 3. The number of methoxy groups -OCH3 is 3. The molecule has 0 aliphatic rings. The molecule has 6 nitrogen and oxygen atoms in total. The predicted molar refractivity (Wildman–Crippen MR) is 56.1 cm³/mol. The van der Waals surface area contributed by atoms with Crippen LogP contribution in [0.4, 0.5) is 0 Å². The van der Waals surface area contributed by atoms with Gasteiger partial charge in [0.05, 0.1) is 0 Å². The number of aliphatic hydroxyl groups is 3. The van der Waals surface area contributed by atoms with Crippen LogP contribution < -0.4 is 0 Å². The Balaban J connectivity index is -0.0000000655. The molecule has 0 spiro atoms. The molecule has 99 valence electrons.